The highest BCUT2D eigenvalue weighted by atomic mass is 16.5. The Morgan fingerprint density at radius 3 is 2.60 bits per heavy atom. The molecule has 0 bridgehead atoms. The molecule has 0 aliphatic carbocycles. The summed E-state index contributed by atoms with van der Waals surface area (Å²) in [6, 6.07) is -1.71. The summed E-state index contributed by atoms with van der Waals surface area (Å²) in [6.45, 7) is 1.68. The molecule has 1 rings (SSSR count). The molecule has 0 aromatic heterocycles. The highest BCUT2D eigenvalue weighted by Crippen LogP contribution is 2.18. The maximum absolute atomic E-state index is 11.9. The molecule has 1 aliphatic rings. The average molecular weight is 286 g/mol. The lowest BCUT2D eigenvalue weighted by Gasteiger charge is -2.34. The van der Waals surface area contributed by atoms with Gasteiger partial charge in [0.15, 0.2) is 6.10 Å². The second kappa shape index (κ2) is 6.87. The zero-order chi connectivity index (χ0) is 15.3. The van der Waals surface area contributed by atoms with E-state index in [9.17, 15) is 14.4 Å². The van der Waals surface area contributed by atoms with Gasteiger partial charge in [-0.3, -0.25) is 9.59 Å². The van der Waals surface area contributed by atoms with Crippen LogP contribution in [0.4, 0.5) is 0 Å². The van der Waals surface area contributed by atoms with E-state index >= 15 is 0 Å². The number of hydrogen-bond acceptors (Lipinski definition) is 6. The Kier molecular flexibility index (Phi) is 5.47. The summed E-state index contributed by atoms with van der Waals surface area (Å²) in [4.78, 5) is 34.0. The molecular weight excluding hydrogens is 268 g/mol. The van der Waals surface area contributed by atoms with E-state index in [-0.39, 0.29) is 13.1 Å². The topological polar surface area (TPSA) is 157 Å². The molecule has 9 heteroatoms. The SMILES string of the molecule is CC(=O)N[C@@H]1[C@@H](N)C=C(C(=O)O)O[C@H]1C(=O)NCCN. The number of carboxylic acid groups (broad SMARTS) is 1. The Labute approximate surface area is 115 Å². The molecule has 1 heterocycles. The van der Waals surface area contributed by atoms with Crippen molar-refractivity contribution in [3.8, 4) is 0 Å². The quantitative estimate of drug-likeness (QED) is 0.367. The maximum atomic E-state index is 11.9. The van der Waals surface area contributed by atoms with Gasteiger partial charge in [0.1, 0.15) is 0 Å². The summed E-state index contributed by atoms with van der Waals surface area (Å²) >= 11 is 0. The molecule has 0 spiro atoms. The van der Waals surface area contributed by atoms with Crippen molar-refractivity contribution in [2.45, 2.75) is 25.1 Å². The van der Waals surface area contributed by atoms with Crippen molar-refractivity contribution in [2.24, 2.45) is 11.5 Å². The zero-order valence-electron chi connectivity index (χ0n) is 11.0. The van der Waals surface area contributed by atoms with E-state index in [1.54, 1.807) is 0 Å². The van der Waals surface area contributed by atoms with Gasteiger partial charge >= 0.3 is 5.97 Å². The van der Waals surface area contributed by atoms with Crippen molar-refractivity contribution in [3.05, 3.63) is 11.8 Å². The minimum Gasteiger partial charge on any atom is -0.475 e. The Hall–Kier alpha value is -2.13. The first-order valence-electron chi connectivity index (χ1n) is 5.99. The number of amides is 2. The standard InChI is InChI=1S/C11H18N4O5/c1-5(16)15-8-6(13)4-7(11(18)19)20-9(8)10(17)14-3-2-12/h4,6,8-9H,2-3,12-13H2,1H3,(H,14,17)(H,15,16)(H,18,19)/t6-,8+,9+/m0/s1. The summed E-state index contributed by atoms with van der Waals surface area (Å²) in [6.07, 6.45) is -0.0770. The molecule has 20 heavy (non-hydrogen) atoms. The average Bonchev–Trinajstić information content (AvgIpc) is 2.37. The second-order valence-corrected chi connectivity index (χ2v) is 4.26. The minimum atomic E-state index is -1.33. The van der Waals surface area contributed by atoms with Gasteiger partial charge < -0.3 is 31.9 Å². The van der Waals surface area contributed by atoms with E-state index in [0.717, 1.165) is 6.08 Å². The number of rotatable bonds is 5. The lowest BCUT2D eigenvalue weighted by molar-refractivity contribution is -0.143. The highest BCUT2D eigenvalue weighted by molar-refractivity contribution is 5.88. The third-order valence-electron chi connectivity index (χ3n) is 2.62. The molecule has 0 unspecified atom stereocenters. The molecule has 2 amide bonds. The van der Waals surface area contributed by atoms with Crippen LogP contribution < -0.4 is 22.1 Å². The molecule has 9 nitrogen and oxygen atoms in total. The summed E-state index contributed by atoms with van der Waals surface area (Å²) in [5, 5.41) is 13.9. The summed E-state index contributed by atoms with van der Waals surface area (Å²) < 4.78 is 5.10. The largest absolute Gasteiger partial charge is 0.475 e. The molecule has 0 aromatic carbocycles. The van der Waals surface area contributed by atoms with Gasteiger partial charge in [0.05, 0.1) is 12.1 Å². The fraction of sp³-hybridized carbons (Fsp3) is 0.545. The number of hydrogen-bond donors (Lipinski definition) is 5. The molecule has 3 atom stereocenters. The van der Waals surface area contributed by atoms with Gasteiger partial charge in [-0.15, -0.1) is 0 Å². The van der Waals surface area contributed by atoms with Crippen LogP contribution in [0.25, 0.3) is 0 Å². The molecule has 0 radical (unpaired) electrons. The van der Waals surface area contributed by atoms with E-state index in [1.807, 2.05) is 0 Å². The van der Waals surface area contributed by atoms with Crippen LogP contribution in [-0.4, -0.2) is 54.2 Å². The van der Waals surface area contributed by atoms with Gasteiger partial charge in [-0.25, -0.2) is 4.79 Å². The normalized spacial score (nSPS) is 25.1. The van der Waals surface area contributed by atoms with Crippen LogP contribution in [-0.2, 0) is 19.1 Å². The molecular formula is C11H18N4O5. The summed E-state index contributed by atoms with van der Waals surface area (Å²) in [5.41, 5.74) is 11.0. The second-order valence-electron chi connectivity index (χ2n) is 4.26. The van der Waals surface area contributed by atoms with E-state index < -0.39 is 41.7 Å². The van der Waals surface area contributed by atoms with Gasteiger partial charge in [0.25, 0.3) is 5.91 Å². The number of aliphatic carboxylic acids is 1. The summed E-state index contributed by atoms with van der Waals surface area (Å²) in [7, 11) is 0. The van der Waals surface area contributed by atoms with Crippen molar-refractivity contribution in [1.82, 2.24) is 10.6 Å². The fourth-order valence-electron chi connectivity index (χ4n) is 1.77. The van der Waals surface area contributed by atoms with Gasteiger partial charge in [0.2, 0.25) is 11.7 Å². The van der Waals surface area contributed by atoms with Crippen LogP contribution in [0, 0.1) is 0 Å². The van der Waals surface area contributed by atoms with E-state index in [0.29, 0.717) is 0 Å². The minimum absolute atomic E-state index is 0.201. The van der Waals surface area contributed by atoms with Gasteiger partial charge in [-0.1, -0.05) is 0 Å². The lowest BCUT2D eigenvalue weighted by Crippen LogP contribution is -2.61. The van der Waals surface area contributed by atoms with Crippen molar-refractivity contribution in [1.29, 1.82) is 0 Å². The van der Waals surface area contributed by atoms with E-state index in [2.05, 4.69) is 10.6 Å². The molecule has 0 saturated carbocycles. The van der Waals surface area contributed by atoms with Crippen molar-refractivity contribution < 1.29 is 24.2 Å². The monoisotopic (exact) mass is 286 g/mol. The van der Waals surface area contributed by atoms with Crippen LogP contribution >= 0.6 is 0 Å². The van der Waals surface area contributed by atoms with Crippen molar-refractivity contribution >= 4 is 17.8 Å². The molecule has 0 fully saturated rings. The van der Waals surface area contributed by atoms with E-state index in [1.165, 1.54) is 6.92 Å². The molecule has 1 aliphatic heterocycles. The maximum Gasteiger partial charge on any atom is 0.370 e. The lowest BCUT2D eigenvalue weighted by atomic mass is 9.98. The number of carboxylic acids is 1. The van der Waals surface area contributed by atoms with Crippen LogP contribution in [0.3, 0.4) is 0 Å². The first-order chi connectivity index (χ1) is 9.36. The van der Waals surface area contributed by atoms with Crippen LogP contribution in [0.15, 0.2) is 11.8 Å². The van der Waals surface area contributed by atoms with Crippen LogP contribution in [0.1, 0.15) is 6.92 Å². The number of nitrogens with one attached hydrogen (secondary N) is 2. The van der Waals surface area contributed by atoms with Gasteiger partial charge in [-0.05, 0) is 6.08 Å². The number of ether oxygens (including phenoxy) is 1. The van der Waals surface area contributed by atoms with E-state index in [4.69, 9.17) is 21.3 Å². The van der Waals surface area contributed by atoms with Crippen molar-refractivity contribution in [2.75, 3.05) is 13.1 Å². The predicted molar refractivity (Wildman–Crippen MR) is 68.2 cm³/mol. The Balaban J connectivity index is 2.95. The summed E-state index contributed by atoms with van der Waals surface area (Å²) in [5.74, 6) is -2.75. The molecule has 7 N–H and O–H groups in total. The predicted octanol–water partition coefficient (Wildman–Crippen LogP) is -2.74. The third-order valence-corrected chi connectivity index (χ3v) is 2.62. The first-order valence-corrected chi connectivity index (χ1v) is 5.99. The Bertz CT molecular complexity index is 437. The smallest absolute Gasteiger partial charge is 0.370 e. The van der Waals surface area contributed by atoms with Gasteiger partial charge in [-0.2, -0.15) is 0 Å². The first kappa shape index (κ1) is 15.9. The Morgan fingerprint density at radius 1 is 1.45 bits per heavy atom. The molecule has 0 saturated heterocycles. The molecule has 0 aromatic rings. The fourth-order valence-corrected chi connectivity index (χ4v) is 1.77. The van der Waals surface area contributed by atoms with Gasteiger partial charge in [0, 0.05) is 20.0 Å². The van der Waals surface area contributed by atoms with Crippen molar-refractivity contribution in [3.63, 3.8) is 0 Å². The number of carbonyl (C=O) groups excluding carboxylic acids is 2. The van der Waals surface area contributed by atoms with Crippen LogP contribution in [0.5, 0.6) is 0 Å². The van der Waals surface area contributed by atoms with Crippen LogP contribution in [0.2, 0.25) is 0 Å². The Morgan fingerprint density at radius 2 is 2.10 bits per heavy atom. The third kappa shape index (κ3) is 3.93. The highest BCUT2D eigenvalue weighted by Gasteiger charge is 2.40. The molecule has 112 valence electrons. The number of nitrogens with two attached hydrogens (primary N) is 2. The number of carbonyl (C=O) groups is 3. The zero-order valence-corrected chi connectivity index (χ0v) is 11.0.